The average Bonchev–Trinajstić information content (AvgIpc) is 3.06. The largest absolute Gasteiger partial charge is 0.481 e. The molecule has 2 aromatic rings. The molecule has 6 heteroatoms. The maximum Gasteiger partial charge on any atom is 0.243 e. The van der Waals surface area contributed by atoms with Gasteiger partial charge in [-0.2, -0.15) is 4.31 Å². The summed E-state index contributed by atoms with van der Waals surface area (Å²) in [5.41, 5.74) is 1.94. The van der Waals surface area contributed by atoms with Crippen LogP contribution in [0.1, 0.15) is 30.0 Å². The molecule has 1 aliphatic rings. The van der Waals surface area contributed by atoms with Gasteiger partial charge in [-0.3, -0.25) is 0 Å². The normalized spacial score (nSPS) is 19.0. The molecule has 0 N–H and O–H groups in total. The number of pyridine rings is 1. The van der Waals surface area contributed by atoms with E-state index in [1.165, 1.54) is 0 Å². The summed E-state index contributed by atoms with van der Waals surface area (Å²) in [6.07, 6.45) is 3.35. The number of benzene rings is 1. The first-order valence-corrected chi connectivity index (χ1v) is 9.05. The minimum Gasteiger partial charge on any atom is -0.481 e. The number of methoxy groups -OCH3 is 1. The molecule has 1 fully saturated rings. The third-order valence-electron chi connectivity index (χ3n) is 4.18. The number of aromatic nitrogens is 1. The Balaban J connectivity index is 1.92. The molecule has 1 atom stereocenters. The predicted molar refractivity (Wildman–Crippen MR) is 87.8 cm³/mol. The molecular weight excluding hydrogens is 312 g/mol. The SMILES string of the molecule is COc1ccc([C@@H]2CCCN2S(=O)(=O)c2ccc(C)cc2)cn1. The van der Waals surface area contributed by atoms with Crippen molar-refractivity contribution in [1.29, 1.82) is 0 Å². The Bertz CT molecular complexity index is 770. The molecule has 3 rings (SSSR count). The number of nitrogens with zero attached hydrogens (tertiary/aromatic N) is 2. The number of hydrogen-bond donors (Lipinski definition) is 0. The van der Waals surface area contributed by atoms with E-state index >= 15 is 0 Å². The van der Waals surface area contributed by atoms with Crippen LogP contribution in [0.3, 0.4) is 0 Å². The number of aryl methyl sites for hydroxylation is 1. The molecule has 2 heterocycles. The van der Waals surface area contributed by atoms with Gasteiger partial charge in [0.1, 0.15) is 0 Å². The molecule has 5 nitrogen and oxygen atoms in total. The van der Waals surface area contributed by atoms with Gasteiger partial charge < -0.3 is 4.74 Å². The van der Waals surface area contributed by atoms with Crippen molar-refractivity contribution in [3.63, 3.8) is 0 Å². The molecule has 23 heavy (non-hydrogen) atoms. The van der Waals surface area contributed by atoms with E-state index in [0.717, 1.165) is 24.0 Å². The molecule has 0 radical (unpaired) electrons. The van der Waals surface area contributed by atoms with Crippen molar-refractivity contribution in [3.05, 3.63) is 53.7 Å². The lowest BCUT2D eigenvalue weighted by molar-refractivity contribution is 0.387. The Hall–Kier alpha value is -1.92. The Morgan fingerprint density at radius 1 is 1.17 bits per heavy atom. The van der Waals surface area contributed by atoms with Gasteiger partial charge in [-0.25, -0.2) is 13.4 Å². The van der Waals surface area contributed by atoms with Crippen LogP contribution < -0.4 is 4.74 Å². The lowest BCUT2D eigenvalue weighted by Gasteiger charge is -2.24. The number of hydrogen-bond acceptors (Lipinski definition) is 4. The third kappa shape index (κ3) is 3.09. The maximum atomic E-state index is 12.9. The summed E-state index contributed by atoms with van der Waals surface area (Å²) < 4.78 is 32.5. The van der Waals surface area contributed by atoms with Crippen molar-refractivity contribution in [2.24, 2.45) is 0 Å². The topological polar surface area (TPSA) is 59.5 Å². The highest BCUT2D eigenvalue weighted by atomic mass is 32.2. The van der Waals surface area contributed by atoms with Crippen LogP contribution in [0.5, 0.6) is 5.88 Å². The van der Waals surface area contributed by atoms with Gasteiger partial charge in [-0.15, -0.1) is 0 Å². The first-order valence-electron chi connectivity index (χ1n) is 7.61. The molecule has 0 amide bonds. The highest BCUT2D eigenvalue weighted by Crippen LogP contribution is 2.36. The van der Waals surface area contributed by atoms with Crippen molar-refractivity contribution < 1.29 is 13.2 Å². The number of sulfonamides is 1. The smallest absolute Gasteiger partial charge is 0.243 e. The average molecular weight is 332 g/mol. The van der Waals surface area contributed by atoms with Gasteiger partial charge in [0.15, 0.2) is 0 Å². The standard InChI is InChI=1S/C17H20N2O3S/c1-13-5-8-15(9-6-13)23(20,21)19-11-3-4-16(19)14-7-10-17(22-2)18-12-14/h5-10,12,16H,3-4,11H2,1-2H3/t16-/m0/s1. The minimum atomic E-state index is -3.49. The first-order chi connectivity index (χ1) is 11.0. The summed E-state index contributed by atoms with van der Waals surface area (Å²) in [4.78, 5) is 4.54. The lowest BCUT2D eigenvalue weighted by atomic mass is 10.1. The highest BCUT2D eigenvalue weighted by Gasteiger charge is 2.36. The Labute approximate surface area is 137 Å². The maximum absolute atomic E-state index is 12.9. The van der Waals surface area contributed by atoms with E-state index in [0.29, 0.717) is 17.3 Å². The fraction of sp³-hybridized carbons (Fsp3) is 0.353. The molecule has 0 saturated carbocycles. The van der Waals surface area contributed by atoms with Crippen LogP contribution in [-0.4, -0.2) is 31.4 Å². The van der Waals surface area contributed by atoms with Crippen LogP contribution in [0.4, 0.5) is 0 Å². The van der Waals surface area contributed by atoms with Crippen LogP contribution in [0.25, 0.3) is 0 Å². The molecule has 1 aromatic carbocycles. The molecule has 1 saturated heterocycles. The molecule has 0 unspecified atom stereocenters. The second-order valence-corrected chi connectivity index (χ2v) is 7.61. The fourth-order valence-corrected chi connectivity index (χ4v) is 4.60. The Morgan fingerprint density at radius 3 is 2.52 bits per heavy atom. The van der Waals surface area contributed by atoms with Gasteiger partial charge in [-0.1, -0.05) is 23.8 Å². The van der Waals surface area contributed by atoms with E-state index in [1.54, 1.807) is 35.8 Å². The second-order valence-electron chi connectivity index (χ2n) is 5.72. The fourth-order valence-electron chi connectivity index (χ4n) is 2.92. The molecule has 1 aromatic heterocycles. The van der Waals surface area contributed by atoms with Gasteiger partial charge in [0, 0.05) is 18.8 Å². The van der Waals surface area contributed by atoms with Gasteiger partial charge in [-0.05, 0) is 37.5 Å². The second kappa shape index (κ2) is 6.29. The number of ether oxygens (including phenoxy) is 1. The van der Waals surface area contributed by atoms with E-state index < -0.39 is 10.0 Å². The molecule has 0 aliphatic carbocycles. The minimum absolute atomic E-state index is 0.167. The lowest BCUT2D eigenvalue weighted by Crippen LogP contribution is -2.30. The van der Waals surface area contributed by atoms with Gasteiger partial charge >= 0.3 is 0 Å². The summed E-state index contributed by atoms with van der Waals surface area (Å²) in [6, 6.07) is 10.5. The summed E-state index contributed by atoms with van der Waals surface area (Å²) >= 11 is 0. The van der Waals surface area contributed by atoms with Crippen LogP contribution >= 0.6 is 0 Å². The van der Waals surface area contributed by atoms with Crippen molar-refractivity contribution in [2.45, 2.75) is 30.7 Å². The number of rotatable bonds is 4. The monoisotopic (exact) mass is 332 g/mol. The van der Waals surface area contributed by atoms with Crippen LogP contribution in [-0.2, 0) is 10.0 Å². The first kappa shape index (κ1) is 16.0. The molecule has 0 bridgehead atoms. The molecular formula is C17H20N2O3S. The zero-order valence-corrected chi connectivity index (χ0v) is 14.1. The molecule has 1 aliphatic heterocycles. The van der Waals surface area contributed by atoms with Gasteiger partial charge in [0.2, 0.25) is 15.9 Å². The van der Waals surface area contributed by atoms with Crippen molar-refractivity contribution >= 4 is 10.0 Å². The van der Waals surface area contributed by atoms with Crippen molar-refractivity contribution in [2.75, 3.05) is 13.7 Å². The third-order valence-corrected chi connectivity index (χ3v) is 6.11. The van der Waals surface area contributed by atoms with Gasteiger partial charge in [0.25, 0.3) is 0 Å². The van der Waals surface area contributed by atoms with E-state index in [-0.39, 0.29) is 6.04 Å². The van der Waals surface area contributed by atoms with Crippen LogP contribution in [0.2, 0.25) is 0 Å². The van der Waals surface area contributed by atoms with E-state index in [9.17, 15) is 8.42 Å². The van der Waals surface area contributed by atoms with E-state index in [1.807, 2.05) is 25.1 Å². The summed E-state index contributed by atoms with van der Waals surface area (Å²) in [5.74, 6) is 0.527. The van der Waals surface area contributed by atoms with Crippen LogP contribution in [0, 0.1) is 6.92 Å². The van der Waals surface area contributed by atoms with E-state index in [4.69, 9.17) is 4.74 Å². The summed E-state index contributed by atoms with van der Waals surface area (Å²) in [5, 5.41) is 0. The zero-order chi connectivity index (χ0) is 16.4. The quantitative estimate of drug-likeness (QED) is 0.864. The Morgan fingerprint density at radius 2 is 1.91 bits per heavy atom. The molecule has 0 spiro atoms. The molecule has 122 valence electrons. The Kier molecular flexibility index (Phi) is 4.37. The highest BCUT2D eigenvalue weighted by molar-refractivity contribution is 7.89. The zero-order valence-electron chi connectivity index (χ0n) is 13.3. The van der Waals surface area contributed by atoms with Crippen molar-refractivity contribution in [3.8, 4) is 5.88 Å². The van der Waals surface area contributed by atoms with E-state index in [2.05, 4.69) is 4.98 Å². The van der Waals surface area contributed by atoms with Crippen LogP contribution in [0.15, 0.2) is 47.5 Å². The van der Waals surface area contributed by atoms with Crippen molar-refractivity contribution in [1.82, 2.24) is 9.29 Å². The summed E-state index contributed by atoms with van der Waals surface area (Å²) in [7, 11) is -1.93. The van der Waals surface area contributed by atoms with Gasteiger partial charge in [0.05, 0.1) is 18.0 Å². The summed E-state index contributed by atoms with van der Waals surface area (Å²) in [6.45, 7) is 2.48. The predicted octanol–water partition coefficient (Wildman–Crippen LogP) is 2.92.